The molecule has 10 unspecified atom stereocenters. The molecule has 47 heavy (non-hydrogen) atoms. The number of carbonyl (C=O) groups is 2. The summed E-state index contributed by atoms with van der Waals surface area (Å²) in [6.07, 6.45) is 7.06. The standard InChI is InChI=1S/C36H60N2O9/c1-9-28(40)26(5)33-29(45-33)23-35(6,43)16-11-12-24(3)32-25(4)13-14-30(46-34(42)38-20-18-37(8)19-21-38)36(7,44-10-2)17-15-27(39)22-31(41)47-32/h11-14,16,25-30,32-33,39-40,43H,9-10,15,17-23H2,1-8H3. The van der Waals surface area contributed by atoms with Gasteiger partial charge in [-0.25, -0.2) is 4.79 Å². The number of likely N-dealkylation sites (N-methyl/N-ethyl adjacent to an activating group) is 1. The molecule has 268 valence electrons. The first-order valence-corrected chi connectivity index (χ1v) is 17.3. The number of epoxide rings is 1. The molecule has 3 N–H and O–H groups in total. The maximum Gasteiger partial charge on any atom is 0.410 e. The van der Waals surface area contributed by atoms with Crippen molar-refractivity contribution in [1.29, 1.82) is 0 Å². The second-order valence-corrected chi connectivity index (χ2v) is 14.2. The van der Waals surface area contributed by atoms with Gasteiger partial charge in [-0.15, -0.1) is 0 Å². The molecule has 0 aliphatic carbocycles. The summed E-state index contributed by atoms with van der Waals surface area (Å²) in [4.78, 5) is 30.1. The third-order valence-corrected chi connectivity index (χ3v) is 9.81. The first-order chi connectivity index (χ1) is 22.1. The molecule has 0 aromatic heterocycles. The Labute approximate surface area is 281 Å². The number of ether oxygens (including phenoxy) is 4. The van der Waals surface area contributed by atoms with Crippen LogP contribution in [0.2, 0.25) is 0 Å². The highest BCUT2D eigenvalue weighted by atomic mass is 16.6. The van der Waals surface area contributed by atoms with Gasteiger partial charge >= 0.3 is 12.1 Å². The third kappa shape index (κ3) is 11.7. The maximum atomic E-state index is 13.3. The van der Waals surface area contributed by atoms with Crippen molar-refractivity contribution in [2.45, 2.75) is 128 Å². The second-order valence-electron chi connectivity index (χ2n) is 14.2. The van der Waals surface area contributed by atoms with Crippen LogP contribution in [-0.4, -0.2) is 125 Å². The highest BCUT2D eigenvalue weighted by molar-refractivity contribution is 5.70. The topological polar surface area (TPSA) is 142 Å². The number of amides is 1. The number of rotatable bonds is 11. The Balaban J connectivity index is 1.79. The van der Waals surface area contributed by atoms with Gasteiger partial charge in [-0.1, -0.05) is 45.1 Å². The molecule has 2 fully saturated rings. The van der Waals surface area contributed by atoms with Crippen LogP contribution in [-0.2, 0) is 23.7 Å². The Bertz CT molecular complexity index is 1120. The van der Waals surface area contributed by atoms with Crippen LogP contribution in [0, 0.1) is 11.8 Å². The van der Waals surface area contributed by atoms with E-state index in [2.05, 4.69) is 4.90 Å². The highest BCUT2D eigenvalue weighted by Crippen LogP contribution is 2.37. The highest BCUT2D eigenvalue weighted by Gasteiger charge is 2.47. The number of aliphatic hydroxyl groups excluding tert-OH is 2. The van der Waals surface area contributed by atoms with E-state index in [1.807, 2.05) is 66.8 Å². The van der Waals surface area contributed by atoms with Crippen molar-refractivity contribution in [2.75, 3.05) is 39.8 Å². The zero-order valence-electron chi connectivity index (χ0n) is 29.8. The molecule has 0 aromatic carbocycles. The van der Waals surface area contributed by atoms with Crippen molar-refractivity contribution < 1.29 is 43.9 Å². The van der Waals surface area contributed by atoms with Gasteiger partial charge in [-0.05, 0) is 65.7 Å². The first kappa shape index (κ1) is 39.2. The number of aliphatic hydroxyl groups is 3. The molecule has 0 radical (unpaired) electrons. The Morgan fingerprint density at radius 2 is 1.91 bits per heavy atom. The molecular weight excluding hydrogens is 604 g/mol. The van der Waals surface area contributed by atoms with Crippen LogP contribution >= 0.6 is 0 Å². The van der Waals surface area contributed by atoms with Gasteiger partial charge in [0, 0.05) is 51.0 Å². The minimum absolute atomic E-state index is 0.00271. The van der Waals surface area contributed by atoms with E-state index in [-0.39, 0.29) is 36.9 Å². The molecule has 11 heteroatoms. The molecule has 0 aromatic rings. The summed E-state index contributed by atoms with van der Waals surface area (Å²) in [5.74, 6) is -0.830. The van der Waals surface area contributed by atoms with E-state index in [9.17, 15) is 24.9 Å². The van der Waals surface area contributed by atoms with Crippen LogP contribution in [0.4, 0.5) is 4.79 Å². The molecule has 3 rings (SSSR count). The number of esters is 1. The van der Waals surface area contributed by atoms with Gasteiger partial charge in [-0.3, -0.25) is 4.79 Å². The van der Waals surface area contributed by atoms with Crippen LogP contribution in [0.5, 0.6) is 0 Å². The predicted molar refractivity (Wildman–Crippen MR) is 180 cm³/mol. The van der Waals surface area contributed by atoms with Crippen molar-refractivity contribution in [3.8, 4) is 0 Å². The lowest BCUT2D eigenvalue weighted by Gasteiger charge is -2.38. The fraction of sp³-hybridized carbons (Fsp3) is 0.778. The van der Waals surface area contributed by atoms with E-state index in [4.69, 9.17) is 18.9 Å². The van der Waals surface area contributed by atoms with Gasteiger partial charge in [0.05, 0.1) is 36.4 Å². The fourth-order valence-corrected chi connectivity index (χ4v) is 6.45. The van der Waals surface area contributed by atoms with Gasteiger partial charge in [0.1, 0.15) is 11.7 Å². The monoisotopic (exact) mass is 664 g/mol. The summed E-state index contributed by atoms with van der Waals surface area (Å²) in [5, 5.41) is 32.0. The number of cyclic esters (lactones) is 1. The molecule has 3 aliphatic heterocycles. The number of carbonyl (C=O) groups excluding carboxylic acids is 2. The van der Waals surface area contributed by atoms with Crippen molar-refractivity contribution in [2.24, 2.45) is 11.8 Å². The number of allylic oxidation sites excluding steroid dienone is 2. The molecule has 10 atom stereocenters. The molecule has 3 aliphatic rings. The summed E-state index contributed by atoms with van der Waals surface area (Å²) >= 11 is 0. The van der Waals surface area contributed by atoms with E-state index >= 15 is 0 Å². The zero-order chi connectivity index (χ0) is 34.9. The number of hydrogen-bond acceptors (Lipinski definition) is 10. The average Bonchev–Trinajstić information content (AvgIpc) is 3.77. The molecule has 2 saturated heterocycles. The lowest BCUT2D eigenvalue weighted by molar-refractivity contribution is -0.152. The lowest BCUT2D eigenvalue weighted by atomic mass is 9.88. The molecule has 3 heterocycles. The lowest BCUT2D eigenvalue weighted by Crippen LogP contribution is -2.51. The van der Waals surface area contributed by atoms with Gasteiger partial charge in [0.25, 0.3) is 0 Å². The summed E-state index contributed by atoms with van der Waals surface area (Å²) in [6.45, 7) is 16.2. The molecule has 0 saturated carbocycles. The van der Waals surface area contributed by atoms with E-state index in [0.717, 1.165) is 18.7 Å². The summed E-state index contributed by atoms with van der Waals surface area (Å²) in [7, 11) is 2.02. The number of piperazine rings is 1. The van der Waals surface area contributed by atoms with Gasteiger partial charge < -0.3 is 44.1 Å². The smallest absolute Gasteiger partial charge is 0.410 e. The Kier molecular flexibility index (Phi) is 14.5. The minimum atomic E-state index is -1.14. The zero-order valence-corrected chi connectivity index (χ0v) is 29.8. The molecular formula is C36H60N2O9. The van der Waals surface area contributed by atoms with Crippen molar-refractivity contribution in [1.82, 2.24) is 9.80 Å². The minimum Gasteiger partial charge on any atom is -0.457 e. The maximum absolute atomic E-state index is 13.3. The third-order valence-electron chi connectivity index (χ3n) is 9.81. The Hall–Kier alpha value is -2.28. The molecule has 0 bridgehead atoms. The van der Waals surface area contributed by atoms with Crippen LogP contribution in [0.15, 0.2) is 36.0 Å². The van der Waals surface area contributed by atoms with Crippen molar-refractivity contribution in [3.05, 3.63) is 36.0 Å². The SMILES string of the molecule is CCOC1(C)CCC(O)CC(=O)OC(C(C)=CC=CC(C)(O)CC2OC2C(C)C(O)CC)C(C)C=CC1OC(=O)N1CCN(C)CC1. The van der Waals surface area contributed by atoms with Gasteiger partial charge in [0.15, 0.2) is 6.10 Å². The second kappa shape index (κ2) is 17.4. The predicted octanol–water partition coefficient (Wildman–Crippen LogP) is 4.00. The molecule has 0 spiro atoms. The number of nitrogens with zero attached hydrogens (tertiary/aromatic N) is 2. The summed E-state index contributed by atoms with van der Waals surface area (Å²) < 4.78 is 24.0. The van der Waals surface area contributed by atoms with Crippen molar-refractivity contribution >= 4 is 12.1 Å². The molecule has 11 nitrogen and oxygen atoms in total. The van der Waals surface area contributed by atoms with Crippen LogP contribution < -0.4 is 0 Å². The first-order valence-electron chi connectivity index (χ1n) is 17.3. The van der Waals surface area contributed by atoms with E-state index in [1.165, 1.54) is 0 Å². The van der Waals surface area contributed by atoms with Crippen molar-refractivity contribution in [3.63, 3.8) is 0 Å². The van der Waals surface area contributed by atoms with Crippen LogP contribution in [0.25, 0.3) is 0 Å². The Morgan fingerprint density at radius 1 is 1.23 bits per heavy atom. The fourth-order valence-electron chi connectivity index (χ4n) is 6.45. The van der Waals surface area contributed by atoms with Crippen LogP contribution in [0.1, 0.15) is 80.6 Å². The normalized spacial score (nSPS) is 34.1. The quantitative estimate of drug-likeness (QED) is 0.128. The van der Waals surface area contributed by atoms with E-state index in [1.54, 1.807) is 24.0 Å². The molecule has 1 amide bonds. The summed E-state index contributed by atoms with van der Waals surface area (Å²) in [5.41, 5.74) is -1.33. The average molecular weight is 665 g/mol. The summed E-state index contributed by atoms with van der Waals surface area (Å²) in [6, 6.07) is 0. The van der Waals surface area contributed by atoms with E-state index < -0.39 is 47.7 Å². The largest absolute Gasteiger partial charge is 0.457 e. The van der Waals surface area contributed by atoms with Gasteiger partial charge in [-0.2, -0.15) is 0 Å². The van der Waals surface area contributed by atoms with Crippen LogP contribution in [0.3, 0.4) is 0 Å². The Morgan fingerprint density at radius 3 is 2.55 bits per heavy atom. The van der Waals surface area contributed by atoms with Gasteiger partial charge in [0.2, 0.25) is 0 Å². The van der Waals surface area contributed by atoms with E-state index in [0.29, 0.717) is 39.0 Å². The number of hydrogen-bond donors (Lipinski definition) is 3.